The normalized spacial score (nSPS) is 23.3. The smallest absolute Gasteiger partial charge is 0.123 e. The van der Waals surface area contributed by atoms with E-state index < -0.39 is 0 Å². The van der Waals surface area contributed by atoms with Crippen LogP contribution in [0.15, 0.2) is 18.2 Å². The van der Waals surface area contributed by atoms with Gasteiger partial charge in [0.15, 0.2) is 0 Å². The Labute approximate surface area is 117 Å². The molecule has 1 N–H and O–H groups in total. The Balaban J connectivity index is 2.08. The van der Waals surface area contributed by atoms with Gasteiger partial charge in [-0.3, -0.25) is 0 Å². The van der Waals surface area contributed by atoms with E-state index in [2.05, 4.69) is 51.2 Å². The van der Waals surface area contributed by atoms with Gasteiger partial charge in [0.05, 0.1) is 7.11 Å². The van der Waals surface area contributed by atoms with Crippen molar-refractivity contribution in [1.29, 1.82) is 0 Å². The fraction of sp³-hybridized carbons (Fsp3) is 0.647. The number of aryl methyl sites for hydroxylation is 1. The fourth-order valence-corrected chi connectivity index (χ4v) is 3.21. The summed E-state index contributed by atoms with van der Waals surface area (Å²) in [6, 6.07) is 7.38. The molecule has 2 unspecified atom stereocenters. The Morgan fingerprint density at radius 1 is 1.37 bits per heavy atom. The van der Waals surface area contributed by atoms with Crippen molar-refractivity contribution in [3.05, 3.63) is 29.3 Å². The number of methoxy groups -OCH3 is 1. The number of hydrogen-bond acceptors (Lipinski definition) is 2. The van der Waals surface area contributed by atoms with Gasteiger partial charge in [-0.05, 0) is 44.6 Å². The van der Waals surface area contributed by atoms with Crippen LogP contribution in [0.3, 0.4) is 0 Å². The van der Waals surface area contributed by atoms with E-state index in [4.69, 9.17) is 4.74 Å². The molecule has 0 saturated heterocycles. The summed E-state index contributed by atoms with van der Waals surface area (Å²) < 4.78 is 5.49. The predicted molar refractivity (Wildman–Crippen MR) is 80.7 cm³/mol. The van der Waals surface area contributed by atoms with Crippen LogP contribution in [-0.4, -0.2) is 13.2 Å². The second-order valence-electron chi connectivity index (χ2n) is 6.74. The molecular formula is C17H27NO. The third-order valence-electron chi connectivity index (χ3n) is 4.31. The van der Waals surface area contributed by atoms with Crippen LogP contribution in [0.25, 0.3) is 0 Å². The van der Waals surface area contributed by atoms with E-state index in [1.54, 1.807) is 7.11 Å². The molecule has 2 heteroatoms. The van der Waals surface area contributed by atoms with Crippen molar-refractivity contribution in [2.24, 2.45) is 5.41 Å². The molecular weight excluding hydrogens is 234 g/mol. The van der Waals surface area contributed by atoms with Crippen molar-refractivity contribution in [2.45, 2.75) is 59.0 Å². The first-order valence-corrected chi connectivity index (χ1v) is 7.32. The Hall–Kier alpha value is -1.02. The van der Waals surface area contributed by atoms with E-state index in [0.717, 1.165) is 5.75 Å². The van der Waals surface area contributed by atoms with Gasteiger partial charge in [0.1, 0.15) is 5.75 Å². The Bertz CT molecular complexity index is 439. The summed E-state index contributed by atoms with van der Waals surface area (Å²) in [7, 11) is 1.75. The lowest BCUT2D eigenvalue weighted by Crippen LogP contribution is -2.30. The molecule has 2 atom stereocenters. The Morgan fingerprint density at radius 3 is 2.68 bits per heavy atom. The second-order valence-corrected chi connectivity index (χ2v) is 6.74. The molecule has 0 radical (unpaired) electrons. The highest BCUT2D eigenvalue weighted by molar-refractivity contribution is 5.38. The summed E-state index contributed by atoms with van der Waals surface area (Å²) in [5, 5.41) is 3.77. The van der Waals surface area contributed by atoms with Gasteiger partial charge in [-0.15, -0.1) is 0 Å². The molecule has 1 saturated carbocycles. The summed E-state index contributed by atoms with van der Waals surface area (Å²) in [6.07, 6.45) is 3.87. The Morgan fingerprint density at radius 2 is 2.11 bits per heavy atom. The van der Waals surface area contributed by atoms with Crippen molar-refractivity contribution in [2.75, 3.05) is 7.11 Å². The topological polar surface area (TPSA) is 21.3 Å². The maximum Gasteiger partial charge on any atom is 0.123 e. The van der Waals surface area contributed by atoms with Gasteiger partial charge in [0, 0.05) is 17.6 Å². The van der Waals surface area contributed by atoms with Crippen LogP contribution in [0.4, 0.5) is 0 Å². The van der Waals surface area contributed by atoms with Crippen molar-refractivity contribution < 1.29 is 4.74 Å². The van der Waals surface area contributed by atoms with E-state index in [1.165, 1.54) is 30.4 Å². The highest BCUT2D eigenvalue weighted by Gasteiger charge is 2.31. The van der Waals surface area contributed by atoms with Gasteiger partial charge in [-0.2, -0.15) is 0 Å². The van der Waals surface area contributed by atoms with Crippen molar-refractivity contribution in [3.63, 3.8) is 0 Å². The van der Waals surface area contributed by atoms with E-state index in [-0.39, 0.29) is 0 Å². The number of hydrogen-bond donors (Lipinski definition) is 1. The summed E-state index contributed by atoms with van der Waals surface area (Å²) in [5.41, 5.74) is 3.05. The van der Waals surface area contributed by atoms with E-state index in [0.29, 0.717) is 17.5 Å². The van der Waals surface area contributed by atoms with Crippen LogP contribution in [0.5, 0.6) is 5.75 Å². The minimum absolute atomic E-state index is 0.341. The molecule has 1 aromatic carbocycles. The number of ether oxygens (including phenoxy) is 1. The lowest BCUT2D eigenvalue weighted by atomic mass is 9.91. The van der Waals surface area contributed by atoms with Crippen LogP contribution < -0.4 is 10.1 Å². The lowest BCUT2D eigenvalue weighted by Gasteiger charge is -2.23. The predicted octanol–water partition coefficient (Wildman–Crippen LogP) is 4.23. The maximum atomic E-state index is 5.49. The molecule has 0 amide bonds. The molecule has 1 fully saturated rings. The summed E-state index contributed by atoms with van der Waals surface area (Å²) in [4.78, 5) is 0. The zero-order valence-electron chi connectivity index (χ0n) is 12.9. The number of benzene rings is 1. The minimum Gasteiger partial charge on any atom is -0.496 e. The molecule has 0 aliphatic heterocycles. The van der Waals surface area contributed by atoms with Crippen LogP contribution in [0.2, 0.25) is 0 Å². The first-order valence-electron chi connectivity index (χ1n) is 7.32. The first-order chi connectivity index (χ1) is 8.91. The molecule has 0 heterocycles. The maximum absolute atomic E-state index is 5.49. The zero-order chi connectivity index (χ0) is 14.0. The zero-order valence-corrected chi connectivity index (χ0v) is 12.9. The molecule has 0 spiro atoms. The SMILES string of the molecule is COc1ccc(C)cc1C(C)NC1CCC(C)(C)C1. The first kappa shape index (κ1) is 14.4. The van der Waals surface area contributed by atoms with Crippen LogP contribution >= 0.6 is 0 Å². The molecule has 2 nitrogen and oxygen atoms in total. The van der Waals surface area contributed by atoms with Crippen molar-refractivity contribution in [3.8, 4) is 5.75 Å². The molecule has 0 bridgehead atoms. The second kappa shape index (κ2) is 5.54. The quantitative estimate of drug-likeness (QED) is 0.875. The number of nitrogens with one attached hydrogen (secondary N) is 1. The monoisotopic (exact) mass is 261 g/mol. The largest absolute Gasteiger partial charge is 0.496 e. The third-order valence-corrected chi connectivity index (χ3v) is 4.31. The van der Waals surface area contributed by atoms with E-state index >= 15 is 0 Å². The van der Waals surface area contributed by atoms with Crippen molar-refractivity contribution in [1.82, 2.24) is 5.32 Å². The average Bonchev–Trinajstić information content (AvgIpc) is 2.68. The van der Waals surface area contributed by atoms with Gasteiger partial charge in [-0.25, -0.2) is 0 Å². The molecule has 1 aromatic rings. The van der Waals surface area contributed by atoms with Crippen LogP contribution in [-0.2, 0) is 0 Å². The van der Waals surface area contributed by atoms with E-state index in [1.807, 2.05) is 0 Å². The molecule has 1 aliphatic rings. The van der Waals surface area contributed by atoms with Crippen LogP contribution in [0, 0.1) is 12.3 Å². The summed E-state index contributed by atoms with van der Waals surface area (Å²) >= 11 is 0. The fourth-order valence-electron chi connectivity index (χ4n) is 3.21. The molecule has 106 valence electrons. The third kappa shape index (κ3) is 3.50. The highest BCUT2D eigenvalue weighted by Crippen LogP contribution is 2.38. The number of rotatable bonds is 4. The van der Waals surface area contributed by atoms with E-state index in [9.17, 15) is 0 Å². The lowest BCUT2D eigenvalue weighted by molar-refractivity contribution is 0.352. The van der Waals surface area contributed by atoms with Gasteiger partial charge in [0.2, 0.25) is 0 Å². The standard InChI is InChI=1S/C17H27NO/c1-12-6-7-16(19-5)15(10-12)13(2)18-14-8-9-17(3,4)11-14/h6-7,10,13-14,18H,8-9,11H2,1-5H3. The van der Waals surface area contributed by atoms with Gasteiger partial charge in [0.25, 0.3) is 0 Å². The molecule has 19 heavy (non-hydrogen) atoms. The molecule has 0 aromatic heterocycles. The summed E-state index contributed by atoms with van der Waals surface area (Å²) in [6.45, 7) is 9.11. The van der Waals surface area contributed by atoms with Crippen molar-refractivity contribution >= 4 is 0 Å². The van der Waals surface area contributed by atoms with Gasteiger partial charge in [-0.1, -0.05) is 31.5 Å². The van der Waals surface area contributed by atoms with Crippen LogP contribution in [0.1, 0.15) is 57.2 Å². The molecule has 2 rings (SSSR count). The minimum atomic E-state index is 0.341. The molecule has 1 aliphatic carbocycles. The van der Waals surface area contributed by atoms with Gasteiger partial charge >= 0.3 is 0 Å². The highest BCUT2D eigenvalue weighted by atomic mass is 16.5. The average molecular weight is 261 g/mol. The van der Waals surface area contributed by atoms with Gasteiger partial charge < -0.3 is 10.1 Å². The summed E-state index contributed by atoms with van der Waals surface area (Å²) in [5.74, 6) is 0.989. The Kier molecular flexibility index (Phi) is 4.19.